The molecule has 0 radical (unpaired) electrons. The fourth-order valence-corrected chi connectivity index (χ4v) is 4.59. The molecule has 1 saturated heterocycles. The monoisotopic (exact) mass is 465 g/mol. The van der Waals surface area contributed by atoms with Gasteiger partial charge in [-0.25, -0.2) is 9.69 Å². The average Bonchev–Trinajstić information content (AvgIpc) is 3.16. The lowest BCUT2D eigenvalue weighted by Crippen LogP contribution is -2.43. The Morgan fingerprint density at radius 2 is 1.65 bits per heavy atom. The van der Waals surface area contributed by atoms with E-state index < -0.39 is 11.7 Å². The van der Waals surface area contributed by atoms with Crippen LogP contribution in [0.25, 0.3) is 21.5 Å². The van der Waals surface area contributed by atoms with Gasteiger partial charge in [0.05, 0.1) is 21.3 Å². The number of benzene rings is 3. The zero-order valence-electron chi connectivity index (χ0n) is 20.6. The standard InChI is InChI=1S/C27H31NO6/c1-27(2,3)34-26(30)28-18(7-10-25(28)29)12-16-11-17-13-23(32-5)24(33-6)15-21(17)22-14-19(31-4)8-9-20(16)22/h8-9,11,13-15,18H,7,10,12H2,1-6H3/t18-/m0/s1. The molecular formula is C27H31NO6. The number of rotatable bonds is 5. The number of carbonyl (C=O) groups is 2. The number of carbonyl (C=O) groups excluding carboxylic acids is 2. The molecule has 0 bridgehead atoms. The first-order chi connectivity index (χ1) is 16.1. The lowest BCUT2D eigenvalue weighted by Gasteiger charge is -2.27. The molecule has 1 fully saturated rings. The molecule has 4 rings (SSSR count). The van der Waals surface area contributed by atoms with E-state index in [1.807, 2.05) is 30.3 Å². The van der Waals surface area contributed by atoms with Gasteiger partial charge in [0.25, 0.3) is 0 Å². The number of nitrogens with zero attached hydrogens (tertiary/aromatic N) is 1. The third kappa shape index (κ3) is 4.47. The van der Waals surface area contributed by atoms with Crippen LogP contribution in [0.1, 0.15) is 39.2 Å². The summed E-state index contributed by atoms with van der Waals surface area (Å²) in [6.07, 6.45) is 0.865. The van der Waals surface area contributed by atoms with Crippen LogP contribution in [0.15, 0.2) is 36.4 Å². The molecule has 180 valence electrons. The van der Waals surface area contributed by atoms with Gasteiger partial charge in [0.2, 0.25) is 5.91 Å². The predicted molar refractivity (Wildman–Crippen MR) is 131 cm³/mol. The van der Waals surface area contributed by atoms with Crippen molar-refractivity contribution in [2.45, 2.75) is 51.7 Å². The molecule has 3 aromatic rings. The number of likely N-dealkylation sites (tertiary alicyclic amines) is 1. The molecule has 1 heterocycles. The van der Waals surface area contributed by atoms with Crippen molar-refractivity contribution in [3.05, 3.63) is 42.0 Å². The minimum Gasteiger partial charge on any atom is -0.497 e. The SMILES string of the molecule is COc1ccc2c(C[C@@H]3CCC(=O)N3C(=O)OC(C)(C)C)cc3cc(OC)c(OC)cc3c2c1. The topological polar surface area (TPSA) is 74.3 Å². The van der Waals surface area contributed by atoms with E-state index in [1.54, 1.807) is 42.1 Å². The summed E-state index contributed by atoms with van der Waals surface area (Å²) in [5, 5.41) is 4.01. The van der Waals surface area contributed by atoms with E-state index in [0.717, 1.165) is 32.9 Å². The third-order valence-corrected chi connectivity index (χ3v) is 6.12. The smallest absolute Gasteiger partial charge is 0.417 e. The molecule has 2 amide bonds. The molecule has 7 heteroatoms. The fourth-order valence-electron chi connectivity index (χ4n) is 4.59. The Hall–Kier alpha value is -3.48. The maximum absolute atomic E-state index is 12.8. The summed E-state index contributed by atoms with van der Waals surface area (Å²) < 4.78 is 22.1. The molecule has 0 unspecified atom stereocenters. The lowest BCUT2D eigenvalue weighted by molar-refractivity contribution is -0.128. The van der Waals surface area contributed by atoms with Gasteiger partial charge in [0.1, 0.15) is 11.4 Å². The minimum atomic E-state index is -0.674. The number of fused-ring (bicyclic) bond motifs is 3. The summed E-state index contributed by atoms with van der Waals surface area (Å²) in [4.78, 5) is 26.7. The van der Waals surface area contributed by atoms with Crippen molar-refractivity contribution in [3.63, 3.8) is 0 Å². The highest BCUT2D eigenvalue weighted by atomic mass is 16.6. The van der Waals surface area contributed by atoms with Crippen LogP contribution in [0.3, 0.4) is 0 Å². The zero-order chi connectivity index (χ0) is 24.6. The van der Waals surface area contributed by atoms with E-state index in [2.05, 4.69) is 6.07 Å². The van der Waals surface area contributed by atoms with E-state index in [-0.39, 0.29) is 11.9 Å². The van der Waals surface area contributed by atoms with Crippen LogP contribution in [-0.2, 0) is 16.0 Å². The molecule has 34 heavy (non-hydrogen) atoms. The summed E-state index contributed by atoms with van der Waals surface area (Å²) in [5.74, 6) is 1.82. The van der Waals surface area contributed by atoms with E-state index in [1.165, 1.54) is 4.90 Å². The van der Waals surface area contributed by atoms with Crippen molar-refractivity contribution in [1.29, 1.82) is 0 Å². The highest BCUT2D eigenvalue weighted by Gasteiger charge is 2.38. The van der Waals surface area contributed by atoms with Crippen LogP contribution in [0.5, 0.6) is 17.2 Å². The quantitative estimate of drug-likeness (QED) is 0.464. The average molecular weight is 466 g/mol. The van der Waals surface area contributed by atoms with Crippen LogP contribution >= 0.6 is 0 Å². The maximum Gasteiger partial charge on any atom is 0.417 e. The molecule has 1 atom stereocenters. The summed E-state index contributed by atoms with van der Waals surface area (Å²) in [7, 11) is 4.86. The molecule has 0 spiro atoms. The summed E-state index contributed by atoms with van der Waals surface area (Å²) in [6.45, 7) is 5.39. The van der Waals surface area contributed by atoms with Gasteiger partial charge in [-0.15, -0.1) is 0 Å². The normalized spacial score (nSPS) is 16.2. The Kier molecular flexibility index (Phi) is 6.30. The number of ether oxygens (including phenoxy) is 4. The van der Waals surface area contributed by atoms with Gasteiger partial charge in [0.15, 0.2) is 11.5 Å². The van der Waals surface area contributed by atoms with Gasteiger partial charge >= 0.3 is 6.09 Å². The molecule has 1 aliphatic heterocycles. The molecule has 1 aliphatic rings. The zero-order valence-corrected chi connectivity index (χ0v) is 20.6. The van der Waals surface area contributed by atoms with Gasteiger partial charge in [-0.05, 0) is 85.0 Å². The van der Waals surface area contributed by atoms with E-state index in [9.17, 15) is 9.59 Å². The maximum atomic E-state index is 12.8. The number of amides is 2. The second-order valence-electron chi connectivity index (χ2n) is 9.52. The Bertz CT molecular complexity index is 1260. The van der Waals surface area contributed by atoms with Crippen molar-refractivity contribution in [2.75, 3.05) is 21.3 Å². The van der Waals surface area contributed by atoms with Crippen LogP contribution in [-0.4, -0.2) is 49.9 Å². The van der Waals surface area contributed by atoms with Crippen LogP contribution in [0.2, 0.25) is 0 Å². The molecular weight excluding hydrogens is 434 g/mol. The summed E-state index contributed by atoms with van der Waals surface area (Å²) in [6, 6.07) is 11.7. The van der Waals surface area contributed by atoms with Crippen molar-refractivity contribution < 1.29 is 28.5 Å². The predicted octanol–water partition coefficient (Wildman–Crippen LogP) is 5.49. The summed E-state index contributed by atoms with van der Waals surface area (Å²) in [5.41, 5.74) is 0.359. The minimum absolute atomic E-state index is 0.197. The molecule has 0 saturated carbocycles. The van der Waals surface area contributed by atoms with Crippen molar-refractivity contribution in [3.8, 4) is 17.2 Å². The van der Waals surface area contributed by atoms with E-state index in [0.29, 0.717) is 30.8 Å². The first-order valence-corrected chi connectivity index (χ1v) is 11.4. The molecule has 0 N–H and O–H groups in total. The van der Waals surface area contributed by atoms with Gasteiger partial charge < -0.3 is 18.9 Å². The Labute approximate surface area is 199 Å². The lowest BCUT2D eigenvalue weighted by atomic mass is 9.92. The molecule has 0 aliphatic carbocycles. The van der Waals surface area contributed by atoms with Gasteiger partial charge in [-0.2, -0.15) is 0 Å². The largest absolute Gasteiger partial charge is 0.497 e. The number of hydrogen-bond donors (Lipinski definition) is 0. The number of hydrogen-bond acceptors (Lipinski definition) is 6. The van der Waals surface area contributed by atoms with E-state index in [4.69, 9.17) is 18.9 Å². The molecule has 3 aromatic carbocycles. The Balaban J connectivity index is 1.83. The van der Waals surface area contributed by atoms with Crippen LogP contribution in [0, 0.1) is 0 Å². The van der Waals surface area contributed by atoms with Crippen LogP contribution < -0.4 is 14.2 Å². The fraction of sp³-hybridized carbons (Fsp3) is 0.407. The van der Waals surface area contributed by atoms with Crippen molar-refractivity contribution in [1.82, 2.24) is 4.90 Å². The second kappa shape index (κ2) is 9.05. The number of methoxy groups -OCH3 is 3. The first kappa shape index (κ1) is 23.7. The van der Waals surface area contributed by atoms with Gasteiger partial charge in [-0.1, -0.05) is 12.1 Å². The Morgan fingerprint density at radius 1 is 0.941 bits per heavy atom. The second-order valence-corrected chi connectivity index (χ2v) is 9.52. The summed E-state index contributed by atoms with van der Waals surface area (Å²) >= 11 is 0. The first-order valence-electron chi connectivity index (χ1n) is 11.4. The molecule has 7 nitrogen and oxygen atoms in total. The van der Waals surface area contributed by atoms with E-state index >= 15 is 0 Å². The van der Waals surface area contributed by atoms with Crippen molar-refractivity contribution >= 4 is 33.5 Å². The highest BCUT2D eigenvalue weighted by molar-refractivity contribution is 6.10. The third-order valence-electron chi connectivity index (χ3n) is 6.12. The highest BCUT2D eigenvalue weighted by Crippen LogP contribution is 2.39. The number of imide groups is 1. The van der Waals surface area contributed by atoms with Gasteiger partial charge in [0, 0.05) is 12.5 Å². The van der Waals surface area contributed by atoms with Crippen molar-refractivity contribution in [2.24, 2.45) is 0 Å². The molecule has 0 aromatic heterocycles. The van der Waals surface area contributed by atoms with Crippen LogP contribution in [0.4, 0.5) is 4.79 Å². The Morgan fingerprint density at radius 3 is 2.29 bits per heavy atom. The van der Waals surface area contributed by atoms with Gasteiger partial charge in [-0.3, -0.25) is 4.79 Å².